The van der Waals surface area contributed by atoms with Crippen LogP contribution in [-0.2, 0) is 21.2 Å². The molecular weight excluding hydrogens is 323 g/mol. The molecule has 1 rings (SSSR count). The molecule has 5 nitrogen and oxygen atoms in total. The van der Waals surface area contributed by atoms with Crippen molar-refractivity contribution in [3.05, 3.63) is 29.8 Å². The van der Waals surface area contributed by atoms with Crippen molar-refractivity contribution < 1.29 is 31.1 Å². The van der Waals surface area contributed by atoms with E-state index in [0.717, 1.165) is 6.26 Å². The van der Waals surface area contributed by atoms with Crippen LogP contribution in [0.3, 0.4) is 0 Å². The highest BCUT2D eigenvalue weighted by Crippen LogP contribution is 2.18. The molecule has 9 heteroatoms. The number of nitrogens with one attached hydrogen (secondary N) is 1. The molecule has 0 aromatic heterocycles. The summed E-state index contributed by atoms with van der Waals surface area (Å²) in [4.78, 5) is 11.4. The van der Waals surface area contributed by atoms with Crippen LogP contribution >= 0.6 is 0 Å². The van der Waals surface area contributed by atoms with Gasteiger partial charge in [0.1, 0.15) is 15.6 Å². The molecule has 0 saturated carbocycles. The second-order valence-electron chi connectivity index (χ2n) is 4.70. The lowest BCUT2D eigenvalue weighted by molar-refractivity contribution is -0.153. The molecule has 0 aliphatic heterocycles. The van der Waals surface area contributed by atoms with Crippen LogP contribution in [-0.4, -0.2) is 39.1 Å². The number of rotatable bonds is 7. The second kappa shape index (κ2) is 7.48. The Hall–Kier alpha value is -1.77. The van der Waals surface area contributed by atoms with Gasteiger partial charge in [0, 0.05) is 19.2 Å². The zero-order valence-corrected chi connectivity index (χ0v) is 12.6. The number of benzene rings is 1. The first-order chi connectivity index (χ1) is 10.1. The molecule has 1 aromatic carbocycles. The zero-order valence-electron chi connectivity index (χ0n) is 11.8. The Morgan fingerprint density at radius 1 is 1.23 bits per heavy atom. The first-order valence-electron chi connectivity index (χ1n) is 6.28. The van der Waals surface area contributed by atoms with Crippen molar-refractivity contribution in [2.45, 2.75) is 19.1 Å². The fraction of sp³-hybridized carbons (Fsp3) is 0.462. The number of alkyl halides is 3. The average Bonchev–Trinajstić information content (AvgIpc) is 2.40. The number of carbonyl (C=O) groups excluding carboxylic acids is 1. The number of hydrogen-bond acceptors (Lipinski definition) is 4. The summed E-state index contributed by atoms with van der Waals surface area (Å²) in [5, 5.41) is 2.52. The molecule has 124 valence electrons. The highest BCUT2D eigenvalue weighted by molar-refractivity contribution is 7.90. The van der Waals surface area contributed by atoms with Gasteiger partial charge in [-0.3, -0.25) is 4.79 Å². The third kappa shape index (κ3) is 8.50. The van der Waals surface area contributed by atoms with Gasteiger partial charge >= 0.3 is 6.18 Å². The van der Waals surface area contributed by atoms with Crippen molar-refractivity contribution in [3.63, 3.8) is 0 Å². The van der Waals surface area contributed by atoms with Gasteiger partial charge in [-0.15, -0.1) is 0 Å². The topological polar surface area (TPSA) is 72.5 Å². The maximum absolute atomic E-state index is 12.0. The molecule has 0 bridgehead atoms. The lowest BCUT2D eigenvalue weighted by Crippen LogP contribution is -2.24. The third-order valence-corrected chi connectivity index (χ3v) is 3.46. The summed E-state index contributed by atoms with van der Waals surface area (Å²) in [5.74, 6) is -0.574. The largest absolute Gasteiger partial charge is 0.484 e. The Morgan fingerprint density at radius 3 is 2.32 bits per heavy atom. The zero-order chi connectivity index (χ0) is 16.8. The number of sulfone groups is 1. The molecule has 0 radical (unpaired) electrons. The van der Waals surface area contributed by atoms with Gasteiger partial charge in [0.2, 0.25) is 5.91 Å². The summed E-state index contributed by atoms with van der Waals surface area (Å²) < 4.78 is 62.3. The number of hydrogen-bond donors (Lipinski definition) is 1. The van der Waals surface area contributed by atoms with E-state index >= 15 is 0 Å². The highest BCUT2D eigenvalue weighted by atomic mass is 32.2. The smallest absolute Gasteiger partial charge is 0.422 e. The quantitative estimate of drug-likeness (QED) is 0.820. The molecule has 1 amide bonds. The van der Waals surface area contributed by atoms with Gasteiger partial charge in [0.15, 0.2) is 6.61 Å². The fourth-order valence-electron chi connectivity index (χ4n) is 1.44. The van der Waals surface area contributed by atoms with Crippen LogP contribution < -0.4 is 10.1 Å². The Kier molecular flexibility index (Phi) is 6.21. The minimum atomic E-state index is -4.40. The van der Waals surface area contributed by atoms with Gasteiger partial charge in [0.25, 0.3) is 0 Å². The van der Waals surface area contributed by atoms with Crippen LogP contribution in [0.4, 0.5) is 13.2 Å². The number of carbonyl (C=O) groups is 1. The minimum Gasteiger partial charge on any atom is -0.484 e. The summed E-state index contributed by atoms with van der Waals surface area (Å²) in [6.45, 7) is -1.21. The Balaban J connectivity index is 2.40. The first-order valence-corrected chi connectivity index (χ1v) is 8.34. The first kappa shape index (κ1) is 18.3. The normalized spacial score (nSPS) is 12.0. The van der Waals surface area contributed by atoms with Gasteiger partial charge in [-0.1, -0.05) is 12.1 Å². The van der Waals surface area contributed by atoms with Crippen LogP contribution in [0.5, 0.6) is 5.75 Å². The van der Waals surface area contributed by atoms with Crippen molar-refractivity contribution >= 4 is 15.7 Å². The van der Waals surface area contributed by atoms with E-state index in [-0.39, 0.29) is 24.5 Å². The molecule has 0 unspecified atom stereocenters. The molecule has 0 saturated heterocycles. The Morgan fingerprint density at radius 2 is 1.82 bits per heavy atom. The van der Waals surface area contributed by atoms with Crippen LogP contribution in [0.1, 0.15) is 12.0 Å². The SMILES string of the molecule is CS(=O)(=O)CCC(=O)NCc1ccc(OCC(F)(F)F)cc1. The third-order valence-electron chi connectivity index (χ3n) is 2.52. The maximum atomic E-state index is 12.0. The standard InChI is InChI=1S/C13H16F3NO4S/c1-22(19,20)7-6-12(18)17-8-10-2-4-11(5-3-10)21-9-13(14,15)16/h2-5H,6-9H2,1H3,(H,17,18). The van der Waals surface area contributed by atoms with E-state index in [1.807, 2.05) is 0 Å². The molecule has 0 fully saturated rings. The molecule has 22 heavy (non-hydrogen) atoms. The lowest BCUT2D eigenvalue weighted by Gasteiger charge is -2.10. The summed E-state index contributed by atoms with van der Waals surface area (Å²) in [6.07, 6.45) is -3.49. The van der Waals surface area contributed by atoms with Crippen LogP contribution in [0, 0.1) is 0 Å². The van der Waals surface area contributed by atoms with Crippen molar-refractivity contribution in [1.29, 1.82) is 0 Å². The van der Waals surface area contributed by atoms with Crippen molar-refractivity contribution in [2.75, 3.05) is 18.6 Å². The molecule has 0 heterocycles. The summed E-state index contributed by atoms with van der Waals surface area (Å²) in [7, 11) is -3.20. The molecule has 0 aliphatic rings. The van der Waals surface area contributed by atoms with Crippen LogP contribution in [0.2, 0.25) is 0 Å². The Labute approximate surface area is 126 Å². The van der Waals surface area contributed by atoms with E-state index in [0.29, 0.717) is 5.56 Å². The molecule has 0 aliphatic carbocycles. The second-order valence-corrected chi connectivity index (χ2v) is 6.96. The Bertz CT molecular complexity index is 597. The van der Waals surface area contributed by atoms with Gasteiger partial charge in [-0.25, -0.2) is 8.42 Å². The van der Waals surface area contributed by atoms with E-state index < -0.39 is 28.5 Å². The van der Waals surface area contributed by atoms with E-state index in [1.165, 1.54) is 24.3 Å². The number of ether oxygens (including phenoxy) is 1. The molecular formula is C13H16F3NO4S. The van der Waals surface area contributed by atoms with Crippen LogP contribution in [0.15, 0.2) is 24.3 Å². The predicted molar refractivity (Wildman–Crippen MR) is 74.2 cm³/mol. The average molecular weight is 339 g/mol. The minimum absolute atomic E-state index is 0.0736. The monoisotopic (exact) mass is 339 g/mol. The van der Waals surface area contributed by atoms with Crippen LogP contribution in [0.25, 0.3) is 0 Å². The number of amides is 1. The molecule has 1 aromatic rings. The summed E-state index contributed by atoms with van der Waals surface area (Å²) in [5.41, 5.74) is 0.659. The van der Waals surface area contributed by atoms with E-state index in [9.17, 15) is 26.4 Å². The van der Waals surface area contributed by atoms with E-state index in [2.05, 4.69) is 10.1 Å². The van der Waals surface area contributed by atoms with Crippen molar-refractivity contribution in [2.24, 2.45) is 0 Å². The molecule has 1 N–H and O–H groups in total. The number of halogens is 3. The molecule has 0 atom stereocenters. The van der Waals surface area contributed by atoms with Gasteiger partial charge in [0.05, 0.1) is 5.75 Å². The summed E-state index contributed by atoms with van der Waals surface area (Å²) >= 11 is 0. The lowest BCUT2D eigenvalue weighted by atomic mass is 10.2. The van der Waals surface area contributed by atoms with Crippen molar-refractivity contribution in [3.8, 4) is 5.75 Å². The highest BCUT2D eigenvalue weighted by Gasteiger charge is 2.28. The predicted octanol–water partition coefficient (Wildman–Crippen LogP) is 1.68. The van der Waals surface area contributed by atoms with E-state index in [4.69, 9.17) is 0 Å². The summed E-state index contributed by atoms with van der Waals surface area (Å²) in [6, 6.07) is 5.76. The van der Waals surface area contributed by atoms with E-state index in [1.54, 1.807) is 0 Å². The van der Waals surface area contributed by atoms with Crippen molar-refractivity contribution in [1.82, 2.24) is 5.32 Å². The van der Waals surface area contributed by atoms with Gasteiger partial charge < -0.3 is 10.1 Å². The molecule has 0 spiro atoms. The fourth-order valence-corrected chi connectivity index (χ4v) is 1.99. The maximum Gasteiger partial charge on any atom is 0.422 e. The van der Waals surface area contributed by atoms with Gasteiger partial charge in [-0.2, -0.15) is 13.2 Å². The van der Waals surface area contributed by atoms with Gasteiger partial charge in [-0.05, 0) is 17.7 Å².